The topological polar surface area (TPSA) is 240 Å². The van der Waals surface area contributed by atoms with Crippen LogP contribution in [0.2, 0.25) is 0 Å². The molecule has 0 amide bonds. The zero-order valence-electron chi connectivity index (χ0n) is 36.7. The molecule has 0 aromatic heterocycles. The third-order valence-electron chi connectivity index (χ3n) is 10.8. The van der Waals surface area contributed by atoms with Crippen LogP contribution in [-0.2, 0) is 60.2 Å². The second-order valence-corrected chi connectivity index (χ2v) is 19.2. The number of aliphatic carboxylic acids is 1. The molecule has 0 saturated heterocycles. The first kappa shape index (κ1) is 59.2. The molecule has 0 spiro atoms. The molecule has 16 nitrogen and oxygen atoms in total. The average molecular weight is 951 g/mol. The van der Waals surface area contributed by atoms with Crippen molar-refractivity contribution in [1.82, 2.24) is 0 Å². The molecule has 2 N–H and O–H groups in total. The smallest absolute Gasteiger partial charge is 0.748 e. The van der Waals surface area contributed by atoms with E-state index in [0.717, 1.165) is 5.70 Å². The number of allylic oxidation sites excluding steroid dienone is 6. The van der Waals surface area contributed by atoms with Crippen LogP contribution < -0.4 is 93.6 Å². The van der Waals surface area contributed by atoms with Gasteiger partial charge < -0.3 is 33.3 Å². The van der Waals surface area contributed by atoms with E-state index in [-0.39, 0.29) is 124 Å². The van der Waals surface area contributed by atoms with E-state index in [9.17, 15) is 43.7 Å². The molecule has 326 valence electrons. The zero-order valence-corrected chi connectivity index (χ0v) is 45.1. The Morgan fingerprint density at radius 2 is 1.45 bits per heavy atom. The minimum absolute atomic E-state index is 0. The zero-order chi connectivity index (χ0) is 43.6. The van der Waals surface area contributed by atoms with Crippen molar-refractivity contribution in [3.8, 4) is 0 Å². The minimum atomic E-state index is -4.77. The fourth-order valence-corrected chi connectivity index (χ4v) is 9.28. The summed E-state index contributed by atoms with van der Waals surface area (Å²) in [6, 6.07) is 8.50. The average Bonchev–Trinajstić information content (AvgIpc) is 3.52. The van der Waals surface area contributed by atoms with E-state index < -0.39 is 52.9 Å². The molecule has 22 heteroatoms. The maximum Gasteiger partial charge on any atom is 1.00 e. The van der Waals surface area contributed by atoms with Gasteiger partial charge in [-0.25, -0.2) is 16.8 Å². The number of methoxy groups -OCH3 is 2. The van der Waals surface area contributed by atoms with Gasteiger partial charge in [-0.1, -0.05) is 24.6 Å². The first-order valence-corrected chi connectivity index (χ1v) is 23.5. The van der Waals surface area contributed by atoms with Crippen molar-refractivity contribution in [1.29, 1.82) is 0 Å². The van der Waals surface area contributed by atoms with E-state index in [1.807, 2.05) is 35.5 Å². The van der Waals surface area contributed by atoms with Crippen molar-refractivity contribution < 1.29 is 156 Å². The summed E-state index contributed by atoms with van der Waals surface area (Å²) in [5.41, 5.74) is 2.11. The number of fused-ring (bicyclic) bond motifs is 2. The molecule has 62 heavy (non-hydrogen) atoms. The van der Waals surface area contributed by atoms with E-state index in [4.69, 9.17) is 19.3 Å². The molecule has 2 aliphatic heterocycles. The molecule has 0 radical (unpaired) electrons. The molecule has 0 fully saturated rings. The second-order valence-electron chi connectivity index (χ2n) is 14.9. The normalized spacial score (nSPS) is 19.4. The molecular weight excluding hydrogens is 898 g/mol. The van der Waals surface area contributed by atoms with Gasteiger partial charge in [0.15, 0.2) is 12.3 Å². The predicted octanol–water partition coefficient (Wildman–Crippen LogP) is -4.35. The largest absolute Gasteiger partial charge is 1.00 e. The molecule has 2 unspecified atom stereocenters. The van der Waals surface area contributed by atoms with Crippen molar-refractivity contribution in [3.63, 3.8) is 0 Å². The van der Waals surface area contributed by atoms with Crippen molar-refractivity contribution in [2.75, 3.05) is 64.4 Å². The van der Waals surface area contributed by atoms with Crippen molar-refractivity contribution >= 4 is 53.4 Å². The number of benzene rings is 2. The number of hydrogen-bond acceptors (Lipinski definition) is 13. The van der Waals surface area contributed by atoms with Gasteiger partial charge in [-0.2, -0.15) is 13.0 Å². The first-order valence-electron chi connectivity index (χ1n) is 19.1. The summed E-state index contributed by atoms with van der Waals surface area (Å²) in [6.07, 6.45) is 11.3. The summed E-state index contributed by atoms with van der Waals surface area (Å²) >= 11 is 0. The molecule has 2 aromatic carbocycles. The molecule has 0 saturated carbocycles. The third kappa shape index (κ3) is 15.7. The number of unbranched alkanes of at least 4 members (excludes halogenated alkanes) is 2. The van der Waals surface area contributed by atoms with Gasteiger partial charge in [0.25, 0.3) is 10.1 Å². The Morgan fingerprint density at radius 1 is 0.790 bits per heavy atom. The van der Waals surface area contributed by atoms with Gasteiger partial charge in [0.05, 0.1) is 38.5 Å². The number of carboxylic acids is 1. The molecule has 2 aliphatic rings. The van der Waals surface area contributed by atoms with E-state index in [0.29, 0.717) is 86.8 Å². The van der Waals surface area contributed by atoms with Crippen molar-refractivity contribution in [2.45, 2.75) is 79.4 Å². The summed E-state index contributed by atoms with van der Waals surface area (Å²) < 4.78 is 124. The quantitative estimate of drug-likeness (QED) is 0.0333. The minimum Gasteiger partial charge on any atom is -0.748 e. The Bertz CT molecular complexity index is 2320. The van der Waals surface area contributed by atoms with Gasteiger partial charge in [-0.3, -0.25) is 9.35 Å². The monoisotopic (exact) mass is 950 g/mol. The predicted molar refractivity (Wildman–Crippen MR) is 218 cm³/mol. The number of ether oxygens (including phenoxy) is 3. The SMILES string of the molecule is COCCOCC[N+]1=C(/C=C/C=C/C=C2/N(CCCCCC(=O)O)c3ccc(S(=O)(=O)[O-])cc3C2(C)CCOC)C(C)(CCCS(=O)(=O)[O-])c2cc(S(=O)(=O)O)ccc21.[Na+].[Na+].[Na+]. The number of carboxylic acid groups (broad SMARTS) is 1. The van der Waals surface area contributed by atoms with Gasteiger partial charge in [-0.05, 0) is 87.9 Å². The molecule has 2 aromatic rings. The fraction of sp³-hybridized carbons (Fsp3) is 0.500. The summed E-state index contributed by atoms with van der Waals surface area (Å²) in [6.45, 7) is 5.79. The van der Waals surface area contributed by atoms with Gasteiger partial charge in [0.2, 0.25) is 5.69 Å². The van der Waals surface area contributed by atoms with Crippen LogP contribution in [0.1, 0.15) is 69.9 Å². The third-order valence-corrected chi connectivity index (χ3v) is 13.2. The summed E-state index contributed by atoms with van der Waals surface area (Å²) in [7, 11) is -10.8. The Labute approximate surface area is 432 Å². The Morgan fingerprint density at radius 3 is 2.06 bits per heavy atom. The van der Waals surface area contributed by atoms with Crippen LogP contribution in [0, 0.1) is 0 Å². The number of anilines is 1. The molecular formula is C40H53N2Na3O14S3+2. The van der Waals surface area contributed by atoms with Gasteiger partial charge in [-0.15, -0.1) is 0 Å². The standard InChI is InChI=1S/C40H54N2O14S3.3Na/c1-39(19-11-27-57(45,46)47)32-28-30(58(48,49)50)16-18-35(32)42(22-24-56-26-25-55-4)36(39)12-7-5-8-13-37-40(2,20-23-54-3)33-29-31(59(51,52)53)15-17-34(33)41(37)21-10-6-9-14-38(43)44;;;/h5,7-8,12-13,15-18,28-29H,6,9-11,14,19-27H2,1-4H3,(H3-,43,44,45,46,47,48,49,50,51,52,53);;;/q;3*+1/p-1. The van der Waals surface area contributed by atoms with Gasteiger partial charge in [0.1, 0.15) is 16.7 Å². The summed E-state index contributed by atoms with van der Waals surface area (Å²) in [5.74, 6) is -1.52. The van der Waals surface area contributed by atoms with Crippen LogP contribution >= 0.6 is 0 Å². The first-order chi connectivity index (χ1) is 27.7. The number of carbonyl (C=O) groups is 1. The maximum absolute atomic E-state index is 12.2. The van der Waals surface area contributed by atoms with Crippen LogP contribution in [0.25, 0.3) is 0 Å². The van der Waals surface area contributed by atoms with Crippen molar-refractivity contribution in [2.24, 2.45) is 0 Å². The Balaban J connectivity index is 0.00000641. The van der Waals surface area contributed by atoms with E-state index in [1.54, 1.807) is 44.6 Å². The van der Waals surface area contributed by atoms with E-state index in [1.165, 1.54) is 24.3 Å². The van der Waals surface area contributed by atoms with Gasteiger partial charge >= 0.3 is 94.6 Å². The molecule has 2 atom stereocenters. The van der Waals surface area contributed by atoms with E-state index >= 15 is 0 Å². The van der Waals surface area contributed by atoms with E-state index in [2.05, 4.69) is 0 Å². The summed E-state index contributed by atoms with van der Waals surface area (Å²) in [5, 5.41) is 9.11. The second kappa shape index (κ2) is 25.9. The molecule has 0 aliphatic carbocycles. The van der Waals surface area contributed by atoms with Gasteiger partial charge in [0, 0.05) is 74.1 Å². The van der Waals surface area contributed by atoms with Crippen LogP contribution in [0.5, 0.6) is 0 Å². The fourth-order valence-electron chi connectivity index (χ4n) is 7.78. The van der Waals surface area contributed by atoms with Crippen LogP contribution in [-0.4, -0.2) is 120 Å². The van der Waals surface area contributed by atoms with Crippen molar-refractivity contribution in [3.05, 3.63) is 83.6 Å². The molecule has 0 bridgehead atoms. The number of hydrogen-bond donors (Lipinski definition) is 2. The Kier molecular flexibility index (Phi) is 24.8. The maximum atomic E-state index is 12.2. The number of nitrogens with zero attached hydrogens (tertiary/aromatic N) is 2. The van der Waals surface area contributed by atoms with Crippen LogP contribution in [0.4, 0.5) is 11.4 Å². The molecule has 2 heterocycles. The number of rotatable bonds is 24. The van der Waals surface area contributed by atoms with Crippen LogP contribution in [0.15, 0.2) is 82.3 Å². The molecule has 4 rings (SSSR count). The van der Waals surface area contributed by atoms with Crippen LogP contribution in [0.3, 0.4) is 0 Å². The summed E-state index contributed by atoms with van der Waals surface area (Å²) in [4.78, 5) is 12.5. The Hall–Kier alpha value is -0.790.